The van der Waals surface area contributed by atoms with Crippen molar-refractivity contribution < 1.29 is 13.2 Å². The van der Waals surface area contributed by atoms with E-state index in [1.165, 1.54) is 31.5 Å². The molecule has 2 aromatic rings. The number of hydrogen-bond donors (Lipinski definition) is 1. The van der Waals surface area contributed by atoms with Gasteiger partial charge in [0.25, 0.3) is 0 Å². The third kappa shape index (κ3) is 2.31. The number of aryl methyl sites for hydroxylation is 1. The summed E-state index contributed by atoms with van der Waals surface area (Å²) < 4.78 is 39.3. The number of nitrogens with two attached hydrogens (primary N) is 1. The maximum Gasteiger partial charge on any atom is 0.435 e. The lowest BCUT2D eigenvalue weighted by atomic mass is 10.2. The van der Waals surface area contributed by atoms with E-state index in [0.29, 0.717) is 11.3 Å². The van der Waals surface area contributed by atoms with Gasteiger partial charge >= 0.3 is 6.18 Å². The molecular formula is C12H11F3N4. The van der Waals surface area contributed by atoms with E-state index >= 15 is 0 Å². The smallest absolute Gasteiger partial charge is 0.383 e. The summed E-state index contributed by atoms with van der Waals surface area (Å²) in [6.07, 6.45) is -0.350. The molecule has 0 aliphatic carbocycles. The highest BCUT2D eigenvalue weighted by Crippen LogP contribution is 2.31. The van der Waals surface area contributed by atoms with Gasteiger partial charge < -0.3 is 5.73 Å². The monoisotopic (exact) mass is 268 g/mol. The van der Waals surface area contributed by atoms with Gasteiger partial charge in [-0.25, -0.2) is 9.67 Å². The molecule has 0 aliphatic heterocycles. The summed E-state index contributed by atoms with van der Waals surface area (Å²) in [5.74, 6) is 0.189. The van der Waals surface area contributed by atoms with Crippen LogP contribution in [0.5, 0.6) is 0 Å². The van der Waals surface area contributed by atoms with Crippen LogP contribution in [-0.4, -0.2) is 14.8 Å². The molecule has 2 aromatic heterocycles. The molecular weight excluding hydrogens is 257 g/mol. The molecule has 7 heteroatoms. The predicted octanol–water partition coefficient (Wildman–Crippen LogP) is 2.82. The van der Waals surface area contributed by atoms with Crippen molar-refractivity contribution in [3.05, 3.63) is 41.9 Å². The summed E-state index contributed by atoms with van der Waals surface area (Å²) in [4.78, 5) is 3.86. The molecule has 0 fully saturated rings. The van der Waals surface area contributed by atoms with Crippen molar-refractivity contribution in [3.63, 3.8) is 0 Å². The van der Waals surface area contributed by atoms with Gasteiger partial charge in [-0.1, -0.05) is 12.7 Å². The minimum atomic E-state index is -4.48. The minimum Gasteiger partial charge on any atom is -0.383 e. The van der Waals surface area contributed by atoms with Gasteiger partial charge in [0.05, 0.1) is 5.69 Å². The van der Waals surface area contributed by atoms with Gasteiger partial charge in [-0.3, -0.25) is 0 Å². The van der Waals surface area contributed by atoms with Crippen molar-refractivity contribution in [2.24, 2.45) is 0 Å². The number of rotatable bonds is 2. The topological polar surface area (TPSA) is 56.7 Å². The molecule has 0 unspecified atom stereocenters. The Bertz CT molecular complexity index is 628. The summed E-state index contributed by atoms with van der Waals surface area (Å²) in [5, 5.41) is 3.56. The van der Waals surface area contributed by atoms with Crippen molar-refractivity contribution >= 4 is 11.9 Å². The van der Waals surface area contributed by atoms with Gasteiger partial charge in [0, 0.05) is 18.0 Å². The highest BCUT2D eigenvalue weighted by molar-refractivity contribution is 5.68. The molecule has 100 valence electrons. The molecule has 0 atom stereocenters. The zero-order valence-electron chi connectivity index (χ0n) is 10.1. The minimum absolute atomic E-state index is 0.0397. The molecule has 0 amide bonds. The number of hydrogen-bond acceptors (Lipinski definition) is 3. The maximum absolute atomic E-state index is 12.7. The molecule has 0 aromatic carbocycles. The average molecular weight is 268 g/mol. The summed E-state index contributed by atoms with van der Waals surface area (Å²) in [7, 11) is 0. The average Bonchev–Trinajstić information content (AvgIpc) is 2.70. The molecule has 2 rings (SSSR count). The first-order valence-electron chi connectivity index (χ1n) is 5.35. The lowest BCUT2D eigenvalue weighted by Gasteiger charge is -2.08. The standard InChI is InChI=1S/C12H11F3N4/c1-3-8-9(4-5-17-11(8)16)19-6-7(2)10(18-19)12(13,14)15/h3-6H,1H2,2H3,(H2,16,17). The second-order valence-corrected chi connectivity index (χ2v) is 3.94. The Balaban J connectivity index is 2.61. The zero-order valence-corrected chi connectivity index (χ0v) is 10.1. The molecule has 0 saturated heterocycles. The summed E-state index contributed by atoms with van der Waals surface area (Å²) in [6, 6.07) is 1.53. The number of alkyl halides is 3. The first kappa shape index (κ1) is 13.1. The van der Waals surface area contributed by atoms with Gasteiger partial charge in [-0.2, -0.15) is 18.3 Å². The van der Waals surface area contributed by atoms with Crippen LogP contribution in [0.15, 0.2) is 25.0 Å². The van der Waals surface area contributed by atoms with Gasteiger partial charge in [-0.05, 0) is 18.6 Å². The second-order valence-electron chi connectivity index (χ2n) is 3.94. The van der Waals surface area contributed by atoms with Crippen LogP contribution >= 0.6 is 0 Å². The molecule has 0 spiro atoms. The SMILES string of the molecule is C=Cc1c(-n2cc(C)c(C(F)(F)F)n2)ccnc1N. The molecule has 0 aliphatic rings. The Morgan fingerprint density at radius 1 is 1.42 bits per heavy atom. The van der Waals surface area contributed by atoms with Crippen LogP contribution in [-0.2, 0) is 6.18 Å². The fraction of sp³-hybridized carbons (Fsp3) is 0.167. The zero-order chi connectivity index (χ0) is 14.2. The largest absolute Gasteiger partial charge is 0.435 e. The Labute approximate surface area is 107 Å². The van der Waals surface area contributed by atoms with Crippen molar-refractivity contribution in [1.29, 1.82) is 0 Å². The molecule has 4 nitrogen and oxygen atoms in total. The first-order chi connectivity index (χ1) is 8.84. The lowest BCUT2D eigenvalue weighted by Crippen LogP contribution is -2.09. The van der Waals surface area contributed by atoms with Crippen molar-refractivity contribution in [3.8, 4) is 5.69 Å². The van der Waals surface area contributed by atoms with Crippen molar-refractivity contribution in [1.82, 2.24) is 14.8 Å². The van der Waals surface area contributed by atoms with Gasteiger partial charge in [-0.15, -0.1) is 0 Å². The Hall–Kier alpha value is -2.31. The van der Waals surface area contributed by atoms with E-state index < -0.39 is 11.9 Å². The predicted molar refractivity (Wildman–Crippen MR) is 65.6 cm³/mol. The second kappa shape index (κ2) is 4.42. The van der Waals surface area contributed by atoms with Crippen LogP contribution in [0.3, 0.4) is 0 Å². The Morgan fingerprint density at radius 3 is 2.63 bits per heavy atom. The summed E-state index contributed by atoms with van der Waals surface area (Å²) in [6.45, 7) is 4.92. The van der Waals surface area contributed by atoms with Crippen LogP contribution in [0.4, 0.5) is 19.0 Å². The third-order valence-corrected chi connectivity index (χ3v) is 2.61. The number of nitrogen functional groups attached to an aromatic ring is 1. The fourth-order valence-corrected chi connectivity index (χ4v) is 1.75. The normalized spacial score (nSPS) is 11.6. The first-order valence-corrected chi connectivity index (χ1v) is 5.35. The van der Waals surface area contributed by atoms with Gasteiger partial charge in [0.2, 0.25) is 0 Å². The quantitative estimate of drug-likeness (QED) is 0.911. The molecule has 0 radical (unpaired) electrons. The fourth-order valence-electron chi connectivity index (χ4n) is 1.75. The van der Waals surface area contributed by atoms with E-state index in [9.17, 15) is 13.2 Å². The van der Waals surface area contributed by atoms with Gasteiger partial charge in [0.1, 0.15) is 5.82 Å². The van der Waals surface area contributed by atoms with Crippen LogP contribution in [0, 0.1) is 6.92 Å². The number of anilines is 1. The summed E-state index contributed by atoms with van der Waals surface area (Å²) in [5.41, 5.74) is 5.62. The lowest BCUT2D eigenvalue weighted by molar-refractivity contribution is -0.141. The van der Waals surface area contributed by atoms with Crippen LogP contribution in [0.1, 0.15) is 16.8 Å². The number of aromatic nitrogens is 3. The molecule has 0 saturated carbocycles. The van der Waals surface area contributed by atoms with E-state index in [1.807, 2.05) is 0 Å². The van der Waals surface area contributed by atoms with E-state index in [0.717, 1.165) is 4.68 Å². The van der Waals surface area contributed by atoms with Crippen molar-refractivity contribution in [2.75, 3.05) is 5.73 Å². The molecule has 2 heterocycles. The van der Waals surface area contributed by atoms with E-state index in [-0.39, 0.29) is 11.4 Å². The Morgan fingerprint density at radius 2 is 2.11 bits per heavy atom. The van der Waals surface area contributed by atoms with Crippen molar-refractivity contribution in [2.45, 2.75) is 13.1 Å². The van der Waals surface area contributed by atoms with E-state index in [2.05, 4.69) is 16.7 Å². The number of halogens is 3. The van der Waals surface area contributed by atoms with Gasteiger partial charge in [0.15, 0.2) is 5.69 Å². The maximum atomic E-state index is 12.7. The highest BCUT2D eigenvalue weighted by Gasteiger charge is 2.36. The summed E-state index contributed by atoms with van der Waals surface area (Å²) >= 11 is 0. The Kier molecular flexibility index (Phi) is 3.05. The number of nitrogens with zero attached hydrogens (tertiary/aromatic N) is 3. The van der Waals surface area contributed by atoms with Crippen LogP contribution in [0.25, 0.3) is 11.8 Å². The highest BCUT2D eigenvalue weighted by atomic mass is 19.4. The molecule has 2 N–H and O–H groups in total. The van der Waals surface area contributed by atoms with Crippen LogP contribution < -0.4 is 5.73 Å². The van der Waals surface area contributed by atoms with E-state index in [4.69, 9.17) is 5.73 Å². The molecule has 0 bridgehead atoms. The van der Waals surface area contributed by atoms with Crippen LogP contribution in [0.2, 0.25) is 0 Å². The third-order valence-electron chi connectivity index (χ3n) is 2.61. The van der Waals surface area contributed by atoms with E-state index in [1.54, 1.807) is 0 Å². The molecule has 19 heavy (non-hydrogen) atoms. The number of pyridine rings is 1.